The zero-order chi connectivity index (χ0) is 14.9. The summed E-state index contributed by atoms with van der Waals surface area (Å²) >= 11 is 0. The van der Waals surface area contributed by atoms with Crippen LogP contribution < -0.4 is 14.8 Å². The molecule has 2 rings (SSSR count). The van der Waals surface area contributed by atoms with Crippen molar-refractivity contribution in [1.29, 1.82) is 0 Å². The van der Waals surface area contributed by atoms with Gasteiger partial charge in [-0.25, -0.2) is 0 Å². The van der Waals surface area contributed by atoms with Crippen LogP contribution in [0.5, 0.6) is 11.5 Å². The van der Waals surface area contributed by atoms with Gasteiger partial charge in [0.05, 0.1) is 13.2 Å². The van der Waals surface area contributed by atoms with Crippen LogP contribution in [-0.2, 0) is 13.0 Å². The van der Waals surface area contributed by atoms with Crippen molar-refractivity contribution in [2.45, 2.75) is 19.9 Å². The van der Waals surface area contributed by atoms with Gasteiger partial charge in [-0.2, -0.15) is 0 Å². The predicted molar refractivity (Wildman–Crippen MR) is 83.8 cm³/mol. The van der Waals surface area contributed by atoms with Gasteiger partial charge in [-0.3, -0.25) is 4.98 Å². The second kappa shape index (κ2) is 8.27. The van der Waals surface area contributed by atoms with Gasteiger partial charge in [-0.05, 0) is 32.2 Å². The van der Waals surface area contributed by atoms with Crippen LogP contribution in [0.25, 0.3) is 0 Å². The molecule has 0 saturated heterocycles. The molecule has 0 aliphatic heterocycles. The van der Waals surface area contributed by atoms with Gasteiger partial charge in [0.15, 0.2) is 11.5 Å². The zero-order valence-electron chi connectivity index (χ0n) is 12.6. The lowest BCUT2D eigenvalue weighted by atomic mass is 10.2. The molecule has 2 aromatic rings. The fourth-order valence-corrected chi connectivity index (χ4v) is 2.13. The first-order chi connectivity index (χ1) is 10.3. The molecule has 0 unspecified atom stereocenters. The van der Waals surface area contributed by atoms with Crippen molar-refractivity contribution in [1.82, 2.24) is 10.3 Å². The molecule has 0 saturated carbocycles. The van der Waals surface area contributed by atoms with Gasteiger partial charge in [0.2, 0.25) is 0 Å². The zero-order valence-corrected chi connectivity index (χ0v) is 12.6. The van der Waals surface area contributed by atoms with E-state index < -0.39 is 0 Å². The van der Waals surface area contributed by atoms with E-state index in [9.17, 15) is 0 Å². The van der Waals surface area contributed by atoms with Gasteiger partial charge in [0.25, 0.3) is 0 Å². The minimum Gasteiger partial charge on any atom is -0.490 e. The highest BCUT2D eigenvalue weighted by atomic mass is 16.5. The van der Waals surface area contributed by atoms with E-state index in [1.165, 1.54) is 0 Å². The summed E-state index contributed by atoms with van der Waals surface area (Å²) in [5, 5.41) is 3.15. The summed E-state index contributed by atoms with van der Waals surface area (Å²) in [5.41, 5.74) is 2.13. The predicted octanol–water partition coefficient (Wildman–Crippen LogP) is 2.82. The van der Waals surface area contributed by atoms with E-state index in [0.717, 1.165) is 35.7 Å². The van der Waals surface area contributed by atoms with Crippen molar-refractivity contribution >= 4 is 0 Å². The third kappa shape index (κ3) is 4.46. The van der Waals surface area contributed by atoms with Crippen molar-refractivity contribution in [2.24, 2.45) is 0 Å². The van der Waals surface area contributed by atoms with Gasteiger partial charge < -0.3 is 14.8 Å². The molecule has 21 heavy (non-hydrogen) atoms. The molecule has 1 aromatic heterocycles. The first-order valence-corrected chi connectivity index (χ1v) is 7.27. The Labute approximate surface area is 126 Å². The normalized spacial score (nSPS) is 10.4. The smallest absolute Gasteiger partial charge is 0.165 e. The molecular formula is C17H22N2O2. The maximum Gasteiger partial charge on any atom is 0.165 e. The van der Waals surface area contributed by atoms with E-state index >= 15 is 0 Å². The molecule has 1 aromatic carbocycles. The fraction of sp³-hybridized carbons (Fsp3) is 0.353. The monoisotopic (exact) mass is 286 g/mol. The van der Waals surface area contributed by atoms with Gasteiger partial charge >= 0.3 is 0 Å². The topological polar surface area (TPSA) is 43.4 Å². The number of para-hydroxylation sites is 1. The quantitative estimate of drug-likeness (QED) is 0.810. The van der Waals surface area contributed by atoms with Crippen LogP contribution in [-0.4, -0.2) is 25.2 Å². The molecule has 0 aliphatic rings. The van der Waals surface area contributed by atoms with Crippen LogP contribution in [0.3, 0.4) is 0 Å². The Balaban J connectivity index is 2.06. The number of ether oxygens (including phenoxy) is 2. The molecular weight excluding hydrogens is 264 g/mol. The van der Waals surface area contributed by atoms with E-state index in [1.807, 2.05) is 44.3 Å². The number of aromatic nitrogens is 1. The van der Waals surface area contributed by atoms with E-state index in [0.29, 0.717) is 13.2 Å². The molecule has 0 atom stereocenters. The minimum atomic E-state index is 0.581. The van der Waals surface area contributed by atoms with E-state index in [4.69, 9.17) is 9.47 Å². The number of nitrogens with one attached hydrogen (secondary N) is 1. The van der Waals surface area contributed by atoms with Gasteiger partial charge in [0.1, 0.15) is 0 Å². The second-order valence-corrected chi connectivity index (χ2v) is 4.63. The van der Waals surface area contributed by atoms with Crippen LogP contribution in [0.15, 0.2) is 42.6 Å². The first kappa shape index (κ1) is 15.3. The lowest BCUT2D eigenvalue weighted by molar-refractivity contribution is 0.275. The molecule has 4 heteroatoms. The summed E-state index contributed by atoms with van der Waals surface area (Å²) in [5.74, 6) is 1.62. The summed E-state index contributed by atoms with van der Waals surface area (Å²) in [6, 6.07) is 11.9. The number of hydrogen-bond acceptors (Lipinski definition) is 4. The highest BCUT2D eigenvalue weighted by Gasteiger charge is 2.10. The van der Waals surface area contributed by atoms with Crippen molar-refractivity contribution < 1.29 is 9.47 Å². The van der Waals surface area contributed by atoms with Gasteiger partial charge in [0, 0.05) is 30.4 Å². The summed E-state index contributed by atoms with van der Waals surface area (Å²) in [4.78, 5) is 4.30. The highest BCUT2D eigenvalue weighted by Crippen LogP contribution is 2.31. The average Bonchev–Trinajstić information content (AvgIpc) is 2.51. The Hall–Kier alpha value is -2.07. The lowest BCUT2D eigenvalue weighted by Crippen LogP contribution is -2.10. The molecule has 0 bridgehead atoms. The van der Waals surface area contributed by atoms with Crippen molar-refractivity contribution in [3.63, 3.8) is 0 Å². The Kier molecular flexibility index (Phi) is 6.03. The van der Waals surface area contributed by atoms with Crippen LogP contribution in [0.1, 0.15) is 18.2 Å². The Morgan fingerprint density at radius 3 is 2.71 bits per heavy atom. The van der Waals surface area contributed by atoms with Gasteiger partial charge in [-0.1, -0.05) is 18.2 Å². The van der Waals surface area contributed by atoms with Crippen molar-refractivity contribution in [3.05, 3.63) is 53.9 Å². The molecule has 1 N–H and O–H groups in total. The van der Waals surface area contributed by atoms with Crippen LogP contribution >= 0.6 is 0 Å². The van der Waals surface area contributed by atoms with Crippen molar-refractivity contribution in [2.75, 3.05) is 20.3 Å². The third-order valence-corrected chi connectivity index (χ3v) is 3.06. The van der Waals surface area contributed by atoms with Crippen LogP contribution in [0, 0.1) is 0 Å². The summed E-state index contributed by atoms with van der Waals surface area (Å²) in [6.07, 6.45) is 2.58. The van der Waals surface area contributed by atoms with Crippen LogP contribution in [0.2, 0.25) is 0 Å². The number of hydrogen-bond donors (Lipinski definition) is 1. The standard InChI is InChI=1S/C17H22N2O2/c1-3-20-16-9-6-7-14(13-18-2)17(16)21-12-10-15-8-4-5-11-19-15/h4-9,11,18H,3,10,12-13H2,1-2H3. The number of benzene rings is 1. The van der Waals surface area contributed by atoms with E-state index in [2.05, 4.69) is 16.4 Å². The largest absolute Gasteiger partial charge is 0.490 e. The molecule has 0 spiro atoms. The fourth-order valence-electron chi connectivity index (χ4n) is 2.13. The van der Waals surface area contributed by atoms with Gasteiger partial charge in [-0.15, -0.1) is 0 Å². The maximum absolute atomic E-state index is 5.97. The lowest BCUT2D eigenvalue weighted by Gasteiger charge is -2.15. The Bertz CT molecular complexity index is 519. The van der Waals surface area contributed by atoms with Crippen molar-refractivity contribution in [3.8, 4) is 11.5 Å². The molecule has 112 valence electrons. The van der Waals surface area contributed by atoms with E-state index in [-0.39, 0.29) is 0 Å². The molecule has 0 radical (unpaired) electrons. The molecule has 0 aliphatic carbocycles. The Morgan fingerprint density at radius 1 is 1.10 bits per heavy atom. The molecule has 1 heterocycles. The van der Waals surface area contributed by atoms with E-state index in [1.54, 1.807) is 6.20 Å². The molecule has 0 amide bonds. The Morgan fingerprint density at radius 2 is 2.00 bits per heavy atom. The molecule has 4 nitrogen and oxygen atoms in total. The minimum absolute atomic E-state index is 0.581. The summed E-state index contributed by atoms with van der Waals surface area (Å²) in [6.45, 7) is 3.93. The number of pyridine rings is 1. The number of rotatable bonds is 8. The second-order valence-electron chi connectivity index (χ2n) is 4.63. The molecule has 0 fully saturated rings. The summed E-state index contributed by atoms with van der Waals surface area (Å²) < 4.78 is 11.6. The van der Waals surface area contributed by atoms with Crippen LogP contribution in [0.4, 0.5) is 0 Å². The maximum atomic E-state index is 5.97. The SMILES string of the molecule is CCOc1cccc(CNC)c1OCCc1ccccn1. The highest BCUT2D eigenvalue weighted by molar-refractivity contribution is 5.46. The summed E-state index contributed by atoms with van der Waals surface area (Å²) in [7, 11) is 1.92. The first-order valence-electron chi connectivity index (χ1n) is 7.27. The average molecular weight is 286 g/mol. The third-order valence-electron chi connectivity index (χ3n) is 3.06. The number of nitrogens with zero attached hydrogens (tertiary/aromatic N) is 1.